The van der Waals surface area contributed by atoms with Gasteiger partial charge in [0.25, 0.3) is 5.56 Å². The van der Waals surface area contributed by atoms with Crippen LogP contribution in [-0.4, -0.2) is 28.5 Å². The van der Waals surface area contributed by atoms with Gasteiger partial charge in [-0.3, -0.25) is 19.1 Å². The number of hydrogen-bond acceptors (Lipinski definition) is 6. The summed E-state index contributed by atoms with van der Waals surface area (Å²) in [4.78, 5) is 54.3. The van der Waals surface area contributed by atoms with Gasteiger partial charge in [0.2, 0.25) is 5.91 Å². The average molecular weight is 478 g/mol. The number of nitrogens with zero attached hydrogens (tertiary/aromatic N) is 2. The lowest BCUT2D eigenvalue weighted by atomic mass is 10.1. The Hall–Kier alpha value is -3.98. The van der Waals surface area contributed by atoms with Gasteiger partial charge in [0.05, 0.1) is 5.39 Å². The minimum atomic E-state index is -0.549. The first-order valence-electron chi connectivity index (χ1n) is 10.6. The van der Waals surface area contributed by atoms with Gasteiger partial charge in [0.15, 0.2) is 0 Å². The molecule has 34 heavy (non-hydrogen) atoms. The number of benzene rings is 2. The number of hydrogen-bond donors (Lipinski definition) is 1. The Morgan fingerprint density at radius 1 is 1.03 bits per heavy atom. The van der Waals surface area contributed by atoms with E-state index in [-0.39, 0.29) is 29.3 Å². The SMILES string of the molecule is CC(=O)N(C)c1ccc(CCn2c(=O)[nH]c3sc(C(=O)OCc4ccccc4)cc3c2=O)cc1. The minimum Gasteiger partial charge on any atom is -0.457 e. The van der Waals surface area contributed by atoms with Crippen molar-refractivity contribution in [2.45, 2.75) is 26.5 Å². The Morgan fingerprint density at radius 2 is 1.74 bits per heavy atom. The van der Waals surface area contributed by atoms with E-state index >= 15 is 0 Å². The van der Waals surface area contributed by atoms with Crippen LogP contribution >= 0.6 is 11.3 Å². The van der Waals surface area contributed by atoms with Gasteiger partial charge in [0, 0.05) is 26.2 Å². The van der Waals surface area contributed by atoms with E-state index < -0.39 is 17.2 Å². The van der Waals surface area contributed by atoms with Crippen LogP contribution in [-0.2, 0) is 29.1 Å². The summed E-state index contributed by atoms with van der Waals surface area (Å²) in [5.74, 6) is -0.620. The van der Waals surface area contributed by atoms with Gasteiger partial charge in [-0.1, -0.05) is 42.5 Å². The molecular weight excluding hydrogens is 454 g/mol. The lowest BCUT2D eigenvalue weighted by Crippen LogP contribution is -2.35. The van der Waals surface area contributed by atoms with Crippen molar-refractivity contribution in [2.75, 3.05) is 11.9 Å². The second kappa shape index (κ2) is 9.88. The van der Waals surface area contributed by atoms with E-state index in [1.54, 1.807) is 7.05 Å². The second-order valence-corrected chi connectivity index (χ2v) is 8.85. The Balaban J connectivity index is 1.49. The lowest BCUT2D eigenvalue weighted by molar-refractivity contribution is -0.116. The third-order valence-electron chi connectivity index (χ3n) is 5.51. The number of aryl methyl sites for hydroxylation is 1. The number of H-pyrrole nitrogens is 1. The smallest absolute Gasteiger partial charge is 0.348 e. The van der Waals surface area contributed by atoms with Crippen molar-refractivity contribution in [1.82, 2.24) is 9.55 Å². The maximum Gasteiger partial charge on any atom is 0.348 e. The standard InChI is InChI=1S/C25H23N3O5S/c1-16(29)27(2)19-10-8-17(9-11-19)12-13-28-23(30)20-14-21(34-22(20)26-25(28)32)24(31)33-15-18-6-4-3-5-7-18/h3-11,14H,12-13,15H2,1-2H3,(H,26,32). The molecule has 0 spiro atoms. The number of carbonyl (C=O) groups is 2. The molecule has 0 bridgehead atoms. The fraction of sp³-hybridized carbons (Fsp3) is 0.200. The van der Waals surface area contributed by atoms with Gasteiger partial charge in [-0.25, -0.2) is 9.59 Å². The first kappa shape index (κ1) is 23.2. The highest BCUT2D eigenvalue weighted by Gasteiger charge is 2.17. The van der Waals surface area contributed by atoms with Crippen molar-refractivity contribution in [2.24, 2.45) is 0 Å². The molecule has 1 amide bonds. The van der Waals surface area contributed by atoms with Gasteiger partial charge in [0.1, 0.15) is 16.3 Å². The molecule has 174 valence electrons. The Bertz CT molecular complexity index is 1450. The van der Waals surface area contributed by atoms with Gasteiger partial charge in [-0.15, -0.1) is 11.3 Å². The number of amides is 1. The fourth-order valence-corrected chi connectivity index (χ4v) is 4.39. The van der Waals surface area contributed by atoms with Crippen LogP contribution in [0.5, 0.6) is 0 Å². The van der Waals surface area contributed by atoms with Crippen LogP contribution < -0.4 is 16.1 Å². The zero-order valence-corrected chi connectivity index (χ0v) is 19.6. The van der Waals surface area contributed by atoms with E-state index in [1.807, 2.05) is 54.6 Å². The molecular formula is C25H23N3O5S. The monoisotopic (exact) mass is 477 g/mol. The van der Waals surface area contributed by atoms with Gasteiger partial charge in [-0.05, 0) is 35.7 Å². The molecule has 8 nitrogen and oxygen atoms in total. The molecule has 0 aliphatic carbocycles. The van der Waals surface area contributed by atoms with Gasteiger partial charge < -0.3 is 9.64 Å². The highest BCUT2D eigenvalue weighted by molar-refractivity contribution is 7.20. The van der Waals surface area contributed by atoms with E-state index in [0.29, 0.717) is 11.3 Å². The molecule has 0 saturated heterocycles. The van der Waals surface area contributed by atoms with Crippen LogP contribution in [0.4, 0.5) is 5.69 Å². The van der Waals surface area contributed by atoms with Crippen LogP contribution in [0.25, 0.3) is 10.2 Å². The Labute approximate surface area is 199 Å². The molecule has 2 aromatic heterocycles. The highest BCUT2D eigenvalue weighted by atomic mass is 32.1. The molecule has 0 radical (unpaired) electrons. The zero-order chi connectivity index (χ0) is 24.2. The zero-order valence-electron chi connectivity index (χ0n) is 18.7. The number of aromatic nitrogens is 2. The summed E-state index contributed by atoms with van der Waals surface area (Å²) >= 11 is 1.02. The third kappa shape index (κ3) is 4.99. The predicted molar refractivity (Wildman–Crippen MR) is 131 cm³/mol. The van der Waals surface area contributed by atoms with Crippen molar-refractivity contribution < 1.29 is 14.3 Å². The van der Waals surface area contributed by atoms with E-state index in [9.17, 15) is 19.2 Å². The van der Waals surface area contributed by atoms with E-state index in [0.717, 1.165) is 32.7 Å². The summed E-state index contributed by atoms with van der Waals surface area (Å²) in [6, 6.07) is 18.1. The summed E-state index contributed by atoms with van der Waals surface area (Å²) in [6.45, 7) is 1.78. The fourth-order valence-electron chi connectivity index (χ4n) is 3.45. The van der Waals surface area contributed by atoms with Gasteiger partial charge >= 0.3 is 11.7 Å². The molecule has 2 aromatic carbocycles. The molecule has 1 N–H and O–H groups in total. The molecule has 0 unspecified atom stereocenters. The molecule has 0 saturated carbocycles. The number of esters is 1. The number of ether oxygens (including phenoxy) is 1. The first-order chi connectivity index (χ1) is 16.3. The van der Waals surface area contributed by atoms with Crippen LogP contribution in [0.2, 0.25) is 0 Å². The van der Waals surface area contributed by atoms with Crippen LogP contribution in [0.3, 0.4) is 0 Å². The lowest BCUT2D eigenvalue weighted by Gasteiger charge is -2.15. The molecule has 0 aliphatic heterocycles. The summed E-state index contributed by atoms with van der Waals surface area (Å²) in [5.41, 5.74) is 1.55. The van der Waals surface area contributed by atoms with E-state index in [1.165, 1.54) is 17.9 Å². The minimum absolute atomic E-state index is 0.0711. The summed E-state index contributed by atoms with van der Waals surface area (Å²) < 4.78 is 6.47. The molecule has 0 atom stereocenters. The molecule has 0 aliphatic rings. The van der Waals surface area contributed by atoms with Crippen LogP contribution in [0.15, 0.2) is 70.3 Å². The van der Waals surface area contributed by atoms with Crippen molar-refractivity contribution in [3.63, 3.8) is 0 Å². The summed E-state index contributed by atoms with van der Waals surface area (Å²) in [7, 11) is 1.69. The van der Waals surface area contributed by atoms with Crippen LogP contribution in [0, 0.1) is 0 Å². The largest absolute Gasteiger partial charge is 0.457 e. The second-order valence-electron chi connectivity index (χ2n) is 7.80. The number of nitrogens with one attached hydrogen (secondary N) is 1. The maximum absolute atomic E-state index is 13.0. The normalized spacial score (nSPS) is 10.9. The number of aromatic amines is 1. The van der Waals surface area contributed by atoms with Crippen molar-refractivity contribution in [1.29, 1.82) is 0 Å². The summed E-state index contributed by atoms with van der Waals surface area (Å²) in [5, 5.41) is 0.273. The topological polar surface area (TPSA) is 101 Å². The van der Waals surface area contributed by atoms with Crippen molar-refractivity contribution in [3.8, 4) is 0 Å². The summed E-state index contributed by atoms with van der Waals surface area (Å²) in [6.07, 6.45) is 0.453. The van der Waals surface area contributed by atoms with Gasteiger partial charge in [-0.2, -0.15) is 0 Å². The third-order valence-corrected chi connectivity index (χ3v) is 6.54. The van der Waals surface area contributed by atoms with E-state index in [2.05, 4.69) is 4.98 Å². The molecule has 9 heteroatoms. The highest BCUT2D eigenvalue weighted by Crippen LogP contribution is 2.21. The quantitative estimate of drug-likeness (QED) is 0.412. The Morgan fingerprint density at radius 3 is 2.41 bits per heavy atom. The maximum atomic E-state index is 13.0. The average Bonchev–Trinajstić information content (AvgIpc) is 3.27. The van der Waals surface area contributed by atoms with Crippen LogP contribution in [0.1, 0.15) is 27.7 Å². The Kier molecular flexibility index (Phi) is 6.74. The molecule has 0 fully saturated rings. The number of anilines is 1. The van der Waals surface area contributed by atoms with Crippen molar-refractivity contribution in [3.05, 3.63) is 97.5 Å². The number of carbonyl (C=O) groups excluding carboxylic acids is 2. The van der Waals surface area contributed by atoms with Crippen molar-refractivity contribution >= 4 is 39.1 Å². The number of thiophene rings is 1. The first-order valence-corrected chi connectivity index (χ1v) is 11.5. The van der Waals surface area contributed by atoms with E-state index in [4.69, 9.17) is 4.74 Å². The molecule has 2 heterocycles. The molecule has 4 rings (SSSR count). The predicted octanol–water partition coefficient (Wildman–Crippen LogP) is 3.33. The number of rotatable bonds is 7. The number of fused-ring (bicyclic) bond motifs is 1. The molecule has 4 aromatic rings.